The van der Waals surface area contributed by atoms with Gasteiger partial charge in [0.05, 0.1) is 12.2 Å². The van der Waals surface area contributed by atoms with E-state index in [1.54, 1.807) is 6.20 Å². The molecule has 0 spiro atoms. The molecule has 1 fully saturated rings. The number of benzene rings is 1. The molecule has 112 valence electrons. The fourth-order valence-electron chi connectivity index (χ4n) is 2.73. The lowest BCUT2D eigenvalue weighted by Gasteiger charge is -2.15. The van der Waals surface area contributed by atoms with Gasteiger partial charge in [0.25, 0.3) is 0 Å². The number of rotatable bonds is 6. The van der Waals surface area contributed by atoms with Crippen molar-refractivity contribution in [3.8, 4) is 5.75 Å². The summed E-state index contributed by atoms with van der Waals surface area (Å²) in [6, 6.07) is 10.0. The summed E-state index contributed by atoms with van der Waals surface area (Å²) in [7, 11) is 0. The van der Waals surface area contributed by atoms with Crippen LogP contribution in [-0.2, 0) is 4.74 Å². The third-order valence-electron chi connectivity index (χ3n) is 3.84. The zero-order chi connectivity index (χ0) is 14.5. The SMILES string of the molecule is CCNCC1CCC(COc2cccc3cccnc23)O1. The Kier molecular flexibility index (Phi) is 4.68. The van der Waals surface area contributed by atoms with E-state index in [-0.39, 0.29) is 6.10 Å². The summed E-state index contributed by atoms with van der Waals surface area (Å²) < 4.78 is 11.9. The average molecular weight is 286 g/mol. The lowest BCUT2D eigenvalue weighted by atomic mass is 10.2. The number of para-hydroxylation sites is 1. The maximum Gasteiger partial charge on any atom is 0.145 e. The monoisotopic (exact) mass is 286 g/mol. The first-order chi connectivity index (χ1) is 10.4. The van der Waals surface area contributed by atoms with E-state index in [1.165, 1.54) is 0 Å². The molecule has 3 rings (SSSR count). The van der Waals surface area contributed by atoms with Crippen LogP contribution in [0.4, 0.5) is 0 Å². The van der Waals surface area contributed by atoms with Gasteiger partial charge >= 0.3 is 0 Å². The van der Waals surface area contributed by atoms with Gasteiger partial charge in [-0.1, -0.05) is 25.1 Å². The van der Waals surface area contributed by atoms with Gasteiger partial charge in [-0.25, -0.2) is 0 Å². The molecule has 1 aliphatic heterocycles. The van der Waals surface area contributed by atoms with E-state index in [0.717, 1.165) is 42.6 Å². The van der Waals surface area contributed by atoms with E-state index in [0.29, 0.717) is 12.7 Å². The van der Waals surface area contributed by atoms with Gasteiger partial charge in [0.2, 0.25) is 0 Å². The van der Waals surface area contributed by atoms with Crippen molar-refractivity contribution < 1.29 is 9.47 Å². The Morgan fingerprint density at radius 3 is 3.00 bits per heavy atom. The molecule has 21 heavy (non-hydrogen) atoms. The smallest absolute Gasteiger partial charge is 0.145 e. The van der Waals surface area contributed by atoms with Gasteiger partial charge in [0.15, 0.2) is 0 Å². The molecule has 2 aromatic rings. The average Bonchev–Trinajstić information content (AvgIpc) is 2.99. The fraction of sp³-hybridized carbons (Fsp3) is 0.471. The maximum atomic E-state index is 5.99. The van der Waals surface area contributed by atoms with Crippen LogP contribution in [-0.4, -0.2) is 36.9 Å². The number of pyridine rings is 1. The molecule has 2 unspecified atom stereocenters. The minimum atomic E-state index is 0.188. The van der Waals surface area contributed by atoms with Crippen LogP contribution >= 0.6 is 0 Å². The summed E-state index contributed by atoms with van der Waals surface area (Å²) in [6.07, 6.45) is 4.48. The molecule has 0 bridgehead atoms. The third-order valence-corrected chi connectivity index (χ3v) is 3.84. The Hall–Kier alpha value is -1.65. The maximum absolute atomic E-state index is 5.99. The second-order valence-electron chi connectivity index (χ2n) is 5.41. The van der Waals surface area contributed by atoms with Crippen molar-refractivity contribution in [1.29, 1.82) is 0 Å². The standard InChI is InChI=1S/C17H22N2O2/c1-2-18-11-14-8-9-15(21-14)12-20-16-7-3-5-13-6-4-10-19-17(13)16/h3-7,10,14-15,18H,2,8-9,11-12H2,1H3. The Labute approximate surface area is 125 Å². The van der Waals surface area contributed by atoms with Crippen molar-refractivity contribution in [1.82, 2.24) is 10.3 Å². The lowest BCUT2D eigenvalue weighted by Crippen LogP contribution is -2.28. The zero-order valence-electron chi connectivity index (χ0n) is 12.4. The summed E-state index contributed by atoms with van der Waals surface area (Å²) in [4.78, 5) is 4.41. The van der Waals surface area contributed by atoms with Gasteiger partial charge in [-0.15, -0.1) is 0 Å². The van der Waals surface area contributed by atoms with Gasteiger partial charge in [0, 0.05) is 18.1 Å². The van der Waals surface area contributed by atoms with Crippen molar-refractivity contribution >= 4 is 10.9 Å². The molecule has 1 aliphatic rings. The van der Waals surface area contributed by atoms with Crippen LogP contribution < -0.4 is 10.1 Å². The molecule has 1 N–H and O–H groups in total. The highest BCUT2D eigenvalue weighted by Gasteiger charge is 2.25. The molecule has 4 nitrogen and oxygen atoms in total. The fourth-order valence-corrected chi connectivity index (χ4v) is 2.73. The molecule has 2 atom stereocenters. The van der Waals surface area contributed by atoms with E-state index in [1.807, 2.05) is 30.3 Å². The predicted molar refractivity (Wildman–Crippen MR) is 83.7 cm³/mol. The van der Waals surface area contributed by atoms with E-state index in [9.17, 15) is 0 Å². The van der Waals surface area contributed by atoms with Crippen LogP contribution in [0.1, 0.15) is 19.8 Å². The molecule has 4 heteroatoms. The summed E-state index contributed by atoms with van der Waals surface area (Å²) in [5.74, 6) is 0.840. The van der Waals surface area contributed by atoms with Crippen LogP contribution in [0.15, 0.2) is 36.5 Å². The second-order valence-corrected chi connectivity index (χ2v) is 5.41. The molecule has 0 amide bonds. The lowest BCUT2D eigenvalue weighted by molar-refractivity contribution is 0.0191. The van der Waals surface area contributed by atoms with Gasteiger partial charge in [-0.05, 0) is 31.5 Å². The summed E-state index contributed by atoms with van der Waals surface area (Å²) >= 11 is 0. The number of ether oxygens (including phenoxy) is 2. The molecule has 0 aliphatic carbocycles. The number of nitrogens with zero attached hydrogens (tertiary/aromatic N) is 1. The van der Waals surface area contributed by atoms with Crippen LogP contribution in [0, 0.1) is 0 Å². The first-order valence-electron chi connectivity index (χ1n) is 7.69. The molecular weight excluding hydrogens is 264 g/mol. The van der Waals surface area contributed by atoms with Gasteiger partial charge in [-0.3, -0.25) is 4.98 Å². The molecule has 0 saturated carbocycles. The van der Waals surface area contributed by atoms with Crippen molar-refractivity contribution in [2.75, 3.05) is 19.7 Å². The number of hydrogen-bond donors (Lipinski definition) is 1. The molecule has 1 aromatic carbocycles. The van der Waals surface area contributed by atoms with Crippen LogP contribution in [0.3, 0.4) is 0 Å². The minimum absolute atomic E-state index is 0.188. The quantitative estimate of drug-likeness (QED) is 0.887. The summed E-state index contributed by atoms with van der Waals surface area (Å²) in [5.41, 5.74) is 0.919. The second kappa shape index (κ2) is 6.87. The first kappa shape index (κ1) is 14.3. The van der Waals surface area contributed by atoms with E-state index in [4.69, 9.17) is 9.47 Å². The van der Waals surface area contributed by atoms with Crippen molar-refractivity contribution in [2.45, 2.75) is 32.0 Å². The van der Waals surface area contributed by atoms with Crippen molar-refractivity contribution in [3.63, 3.8) is 0 Å². The Balaban J connectivity index is 1.58. The summed E-state index contributed by atoms with van der Waals surface area (Å²) in [5, 5.41) is 4.44. The van der Waals surface area contributed by atoms with Crippen molar-refractivity contribution in [2.24, 2.45) is 0 Å². The van der Waals surface area contributed by atoms with E-state index >= 15 is 0 Å². The number of hydrogen-bond acceptors (Lipinski definition) is 4. The highest BCUT2D eigenvalue weighted by Crippen LogP contribution is 2.25. The topological polar surface area (TPSA) is 43.4 Å². The first-order valence-corrected chi connectivity index (χ1v) is 7.69. The third kappa shape index (κ3) is 3.52. The van der Waals surface area contributed by atoms with Crippen molar-refractivity contribution in [3.05, 3.63) is 36.5 Å². The van der Waals surface area contributed by atoms with Crippen LogP contribution in [0.2, 0.25) is 0 Å². The molecule has 0 radical (unpaired) electrons. The highest BCUT2D eigenvalue weighted by atomic mass is 16.5. The molecule has 1 aromatic heterocycles. The normalized spacial score (nSPS) is 21.8. The number of likely N-dealkylation sites (N-methyl/N-ethyl adjacent to an activating group) is 1. The zero-order valence-corrected chi connectivity index (χ0v) is 12.4. The largest absolute Gasteiger partial charge is 0.489 e. The number of fused-ring (bicyclic) bond motifs is 1. The van der Waals surface area contributed by atoms with Gasteiger partial charge in [0.1, 0.15) is 17.9 Å². The van der Waals surface area contributed by atoms with Gasteiger partial charge in [-0.2, -0.15) is 0 Å². The predicted octanol–water partition coefficient (Wildman–Crippen LogP) is 2.77. The van der Waals surface area contributed by atoms with E-state index < -0.39 is 0 Å². The Bertz CT molecular complexity index is 583. The number of nitrogens with one attached hydrogen (secondary N) is 1. The minimum Gasteiger partial charge on any atom is -0.489 e. The number of aromatic nitrogens is 1. The summed E-state index contributed by atoms with van der Waals surface area (Å²) in [6.45, 7) is 4.63. The molecular formula is C17H22N2O2. The van der Waals surface area contributed by atoms with Crippen LogP contribution in [0.25, 0.3) is 10.9 Å². The molecule has 1 saturated heterocycles. The molecule has 2 heterocycles. The Morgan fingerprint density at radius 2 is 2.10 bits per heavy atom. The Morgan fingerprint density at radius 1 is 1.24 bits per heavy atom. The highest BCUT2D eigenvalue weighted by molar-refractivity contribution is 5.84. The van der Waals surface area contributed by atoms with E-state index in [2.05, 4.69) is 17.2 Å². The van der Waals surface area contributed by atoms with Crippen LogP contribution in [0.5, 0.6) is 5.75 Å². The van der Waals surface area contributed by atoms with Gasteiger partial charge < -0.3 is 14.8 Å².